The third-order valence-electron chi connectivity index (χ3n) is 4.44. The van der Waals surface area contributed by atoms with Gasteiger partial charge < -0.3 is 10.2 Å². The molecule has 2 amide bonds. The Hall–Kier alpha value is -2.15. The molecule has 1 aliphatic heterocycles. The van der Waals surface area contributed by atoms with Crippen molar-refractivity contribution in [3.8, 4) is 0 Å². The van der Waals surface area contributed by atoms with E-state index in [4.69, 9.17) is 0 Å². The lowest BCUT2D eigenvalue weighted by Crippen LogP contribution is -2.56. The molecule has 1 saturated heterocycles. The van der Waals surface area contributed by atoms with Crippen molar-refractivity contribution < 1.29 is 9.59 Å². The van der Waals surface area contributed by atoms with E-state index in [1.54, 1.807) is 11.1 Å². The number of likely N-dealkylation sites (N-methyl/N-ethyl adjacent to an activating group) is 1. The van der Waals surface area contributed by atoms with Gasteiger partial charge in [0, 0.05) is 45.1 Å². The topological polar surface area (TPSA) is 70.5 Å². The van der Waals surface area contributed by atoms with Crippen LogP contribution in [-0.4, -0.2) is 70.2 Å². The van der Waals surface area contributed by atoms with Crippen LogP contribution in [0.25, 0.3) is 0 Å². The molecule has 1 fully saturated rings. The van der Waals surface area contributed by atoms with E-state index in [9.17, 15) is 9.59 Å². The van der Waals surface area contributed by atoms with Crippen molar-refractivity contribution in [2.24, 2.45) is 0 Å². The number of hydrogen-bond acceptors (Lipinski definition) is 4. The summed E-state index contributed by atoms with van der Waals surface area (Å²) in [6, 6.07) is 1.47. The molecule has 0 saturated carbocycles. The Morgan fingerprint density at radius 1 is 1.48 bits per heavy atom. The average Bonchev–Trinajstić information content (AvgIpc) is 3.09. The van der Waals surface area contributed by atoms with E-state index in [0.717, 1.165) is 6.54 Å². The molecule has 0 aromatic carbocycles. The van der Waals surface area contributed by atoms with Crippen LogP contribution in [0.4, 0.5) is 0 Å². The van der Waals surface area contributed by atoms with Gasteiger partial charge in [0.15, 0.2) is 0 Å². The van der Waals surface area contributed by atoms with Gasteiger partial charge in [-0.05, 0) is 26.8 Å². The zero-order chi connectivity index (χ0) is 18.2. The van der Waals surface area contributed by atoms with Crippen LogP contribution < -0.4 is 5.32 Å². The van der Waals surface area contributed by atoms with E-state index in [0.29, 0.717) is 32.7 Å². The number of amides is 2. The summed E-state index contributed by atoms with van der Waals surface area (Å²) >= 11 is 0. The van der Waals surface area contributed by atoms with E-state index >= 15 is 0 Å². The monoisotopic (exact) mass is 347 g/mol. The van der Waals surface area contributed by atoms with Crippen molar-refractivity contribution >= 4 is 11.8 Å². The Bertz CT molecular complexity index is 593. The van der Waals surface area contributed by atoms with Crippen molar-refractivity contribution in [2.75, 3.05) is 32.7 Å². The Morgan fingerprint density at radius 3 is 2.92 bits per heavy atom. The molecule has 7 nitrogen and oxygen atoms in total. The van der Waals surface area contributed by atoms with Crippen molar-refractivity contribution in [3.05, 3.63) is 30.1 Å². The molecule has 25 heavy (non-hydrogen) atoms. The van der Waals surface area contributed by atoms with Crippen LogP contribution in [0.2, 0.25) is 0 Å². The maximum absolute atomic E-state index is 12.7. The second kappa shape index (κ2) is 9.36. The second-order valence-corrected chi connectivity index (χ2v) is 6.53. The van der Waals surface area contributed by atoms with Gasteiger partial charge in [0.2, 0.25) is 11.8 Å². The molecule has 1 aliphatic rings. The van der Waals surface area contributed by atoms with Gasteiger partial charge >= 0.3 is 0 Å². The van der Waals surface area contributed by atoms with E-state index < -0.39 is 6.04 Å². The predicted molar refractivity (Wildman–Crippen MR) is 96.9 cm³/mol. The molecule has 138 valence electrons. The van der Waals surface area contributed by atoms with Crippen molar-refractivity contribution in [1.29, 1.82) is 0 Å². The number of carbonyl (C=O) groups is 2. The summed E-state index contributed by atoms with van der Waals surface area (Å²) < 4.78 is 1.81. The average molecular weight is 347 g/mol. The highest BCUT2D eigenvalue weighted by atomic mass is 16.2. The molecule has 0 aliphatic carbocycles. The van der Waals surface area contributed by atoms with Gasteiger partial charge in [0.05, 0.1) is 19.0 Å². The zero-order valence-electron chi connectivity index (χ0n) is 15.4. The molecular formula is C18H29N5O2. The Kier molecular flexibility index (Phi) is 7.18. The number of nitrogens with zero attached hydrogens (tertiary/aromatic N) is 4. The highest BCUT2D eigenvalue weighted by Gasteiger charge is 2.32. The third-order valence-corrected chi connectivity index (χ3v) is 4.44. The summed E-state index contributed by atoms with van der Waals surface area (Å²) in [5, 5.41) is 7.04. The number of piperazine rings is 1. The molecule has 1 aromatic rings. The summed E-state index contributed by atoms with van der Waals surface area (Å²) in [7, 11) is 0. The number of aromatic nitrogens is 2. The molecular weight excluding hydrogens is 318 g/mol. The van der Waals surface area contributed by atoms with Crippen LogP contribution in [0.1, 0.15) is 27.2 Å². The summed E-state index contributed by atoms with van der Waals surface area (Å²) in [6.45, 7) is 10.0. The standard InChI is InChI=1S/C18H29N5O2/c1-4-21(12-13-23-9-5-7-20-23)17(24)14-16-18(25)19-8-11-22(16)10-6-15(2)3/h5-7,9,16H,4,8,10-14H2,1-3H3,(H,19,25)/t16-/m0/s1. The van der Waals surface area contributed by atoms with Crippen LogP contribution >= 0.6 is 0 Å². The lowest BCUT2D eigenvalue weighted by atomic mass is 10.1. The van der Waals surface area contributed by atoms with Crippen LogP contribution in [0.3, 0.4) is 0 Å². The molecule has 1 atom stereocenters. The van der Waals surface area contributed by atoms with E-state index in [1.807, 2.05) is 37.7 Å². The van der Waals surface area contributed by atoms with Crippen molar-refractivity contribution in [1.82, 2.24) is 24.9 Å². The van der Waals surface area contributed by atoms with Gasteiger partial charge in [0.25, 0.3) is 0 Å². The summed E-state index contributed by atoms with van der Waals surface area (Å²) in [5.74, 6) is -0.0382. The highest BCUT2D eigenvalue weighted by molar-refractivity contribution is 5.88. The molecule has 7 heteroatoms. The molecule has 1 aromatic heterocycles. The second-order valence-electron chi connectivity index (χ2n) is 6.53. The SMILES string of the molecule is CCN(CCn1cccn1)C(=O)C[C@H]1C(=O)NCCN1CC=C(C)C. The van der Waals surface area contributed by atoms with Gasteiger partial charge in [-0.25, -0.2) is 0 Å². The summed E-state index contributed by atoms with van der Waals surface area (Å²) in [6.07, 6.45) is 5.93. The molecule has 0 bridgehead atoms. The quantitative estimate of drug-likeness (QED) is 0.709. The molecule has 2 rings (SSSR count). The van der Waals surface area contributed by atoms with Crippen molar-refractivity contribution in [2.45, 2.75) is 39.8 Å². The number of allylic oxidation sites excluding steroid dienone is 1. The van der Waals surface area contributed by atoms with Gasteiger partial charge in [-0.3, -0.25) is 19.2 Å². The lowest BCUT2D eigenvalue weighted by molar-refractivity contribution is -0.138. The lowest BCUT2D eigenvalue weighted by Gasteiger charge is -2.35. The van der Waals surface area contributed by atoms with Gasteiger partial charge in [-0.1, -0.05) is 11.6 Å². The first-order chi connectivity index (χ1) is 12.0. The predicted octanol–water partition coefficient (Wildman–Crippen LogP) is 0.888. The summed E-state index contributed by atoms with van der Waals surface area (Å²) in [4.78, 5) is 28.9. The number of carbonyl (C=O) groups excluding carboxylic acids is 2. The van der Waals surface area contributed by atoms with Crippen LogP contribution in [0.5, 0.6) is 0 Å². The molecule has 1 N–H and O–H groups in total. The first-order valence-corrected chi connectivity index (χ1v) is 8.91. The van der Waals surface area contributed by atoms with Crippen LogP contribution in [-0.2, 0) is 16.1 Å². The first-order valence-electron chi connectivity index (χ1n) is 8.91. The van der Waals surface area contributed by atoms with Gasteiger partial charge in [-0.15, -0.1) is 0 Å². The Labute approximate surface area is 149 Å². The van der Waals surface area contributed by atoms with E-state index in [2.05, 4.69) is 21.4 Å². The summed E-state index contributed by atoms with van der Waals surface area (Å²) in [5.41, 5.74) is 1.21. The van der Waals surface area contributed by atoms with Gasteiger partial charge in [0.1, 0.15) is 0 Å². The minimum atomic E-state index is -0.393. The minimum absolute atomic E-state index is 0.0129. The van der Waals surface area contributed by atoms with E-state index in [1.165, 1.54) is 5.57 Å². The normalized spacial score (nSPS) is 17.9. The number of rotatable bonds is 8. The maximum atomic E-state index is 12.7. The molecule has 0 spiro atoms. The van der Waals surface area contributed by atoms with Gasteiger partial charge in [-0.2, -0.15) is 5.10 Å². The fourth-order valence-corrected chi connectivity index (χ4v) is 2.91. The largest absolute Gasteiger partial charge is 0.353 e. The van der Waals surface area contributed by atoms with Crippen LogP contribution in [0.15, 0.2) is 30.1 Å². The van der Waals surface area contributed by atoms with Crippen LogP contribution in [0, 0.1) is 0 Å². The molecule has 0 radical (unpaired) electrons. The first kappa shape index (κ1) is 19.2. The fraction of sp³-hybridized carbons (Fsp3) is 0.611. The third kappa shape index (κ3) is 5.70. The maximum Gasteiger partial charge on any atom is 0.237 e. The highest BCUT2D eigenvalue weighted by Crippen LogP contribution is 2.12. The Balaban J connectivity index is 1.95. The molecule has 0 unspecified atom stereocenters. The smallest absolute Gasteiger partial charge is 0.237 e. The molecule has 2 heterocycles. The van der Waals surface area contributed by atoms with Crippen molar-refractivity contribution in [3.63, 3.8) is 0 Å². The Morgan fingerprint density at radius 2 is 2.28 bits per heavy atom. The number of hydrogen-bond donors (Lipinski definition) is 1. The van der Waals surface area contributed by atoms with E-state index in [-0.39, 0.29) is 18.2 Å². The zero-order valence-corrected chi connectivity index (χ0v) is 15.4. The minimum Gasteiger partial charge on any atom is -0.353 e. The number of nitrogens with one attached hydrogen (secondary N) is 1. The fourth-order valence-electron chi connectivity index (χ4n) is 2.91.